The smallest absolute Gasteiger partial charge is 0.00682 e. The van der Waals surface area contributed by atoms with Gasteiger partial charge in [-0.05, 0) is 64.1 Å². The standard InChI is InChI=1S/C15H30N2/c1-13-11-14(13)12-17(2)10-6-4-3-5-9-16-15-7-8-15/h13-16H,3-12H2,1-2H3. The molecule has 2 fully saturated rings. The van der Waals surface area contributed by atoms with Gasteiger partial charge in [0.1, 0.15) is 0 Å². The summed E-state index contributed by atoms with van der Waals surface area (Å²) < 4.78 is 0. The second kappa shape index (κ2) is 6.75. The Hall–Kier alpha value is -0.0800. The van der Waals surface area contributed by atoms with Crippen molar-refractivity contribution in [2.75, 3.05) is 26.7 Å². The van der Waals surface area contributed by atoms with Gasteiger partial charge in [-0.3, -0.25) is 0 Å². The van der Waals surface area contributed by atoms with Crippen LogP contribution in [0.1, 0.15) is 51.9 Å². The van der Waals surface area contributed by atoms with E-state index in [9.17, 15) is 0 Å². The molecule has 0 aromatic heterocycles. The number of hydrogen-bond donors (Lipinski definition) is 1. The van der Waals surface area contributed by atoms with Crippen LogP contribution < -0.4 is 5.32 Å². The first-order chi connectivity index (χ1) is 8.25. The van der Waals surface area contributed by atoms with E-state index in [1.54, 1.807) is 0 Å². The summed E-state index contributed by atoms with van der Waals surface area (Å²) in [7, 11) is 2.29. The zero-order valence-corrected chi connectivity index (χ0v) is 11.8. The first-order valence-corrected chi connectivity index (χ1v) is 7.67. The quantitative estimate of drug-likeness (QED) is 0.589. The van der Waals surface area contributed by atoms with E-state index >= 15 is 0 Å². The van der Waals surface area contributed by atoms with E-state index < -0.39 is 0 Å². The number of nitrogens with one attached hydrogen (secondary N) is 1. The second-order valence-corrected chi connectivity index (χ2v) is 6.38. The molecule has 17 heavy (non-hydrogen) atoms. The highest BCUT2D eigenvalue weighted by molar-refractivity contribution is 4.84. The highest BCUT2D eigenvalue weighted by Gasteiger charge is 2.32. The van der Waals surface area contributed by atoms with E-state index in [4.69, 9.17) is 0 Å². The monoisotopic (exact) mass is 238 g/mol. The predicted octanol–water partition coefficient (Wildman–Crippen LogP) is 2.89. The average Bonchev–Trinajstić information content (AvgIpc) is 3.18. The second-order valence-electron chi connectivity index (χ2n) is 6.38. The fourth-order valence-electron chi connectivity index (χ4n) is 2.60. The Morgan fingerprint density at radius 1 is 1.12 bits per heavy atom. The molecule has 0 heterocycles. The van der Waals surface area contributed by atoms with Crippen LogP contribution in [0, 0.1) is 11.8 Å². The third-order valence-corrected chi connectivity index (χ3v) is 4.30. The van der Waals surface area contributed by atoms with Crippen molar-refractivity contribution in [3.05, 3.63) is 0 Å². The lowest BCUT2D eigenvalue weighted by molar-refractivity contribution is 0.306. The Morgan fingerprint density at radius 3 is 2.47 bits per heavy atom. The normalized spacial score (nSPS) is 27.7. The maximum atomic E-state index is 3.59. The molecule has 0 bridgehead atoms. The largest absolute Gasteiger partial charge is 0.314 e. The lowest BCUT2D eigenvalue weighted by Crippen LogP contribution is -2.22. The van der Waals surface area contributed by atoms with E-state index in [-0.39, 0.29) is 0 Å². The molecule has 2 rings (SSSR count). The molecule has 0 spiro atoms. The van der Waals surface area contributed by atoms with E-state index in [1.165, 1.54) is 64.6 Å². The fourth-order valence-corrected chi connectivity index (χ4v) is 2.60. The molecule has 0 aromatic carbocycles. The Kier molecular flexibility index (Phi) is 5.30. The molecule has 0 aromatic rings. The third kappa shape index (κ3) is 5.87. The van der Waals surface area contributed by atoms with Crippen molar-refractivity contribution in [2.45, 2.75) is 57.9 Å². The first kappa shape index (κ1) is 13.4. The molecule has 2 aliphatic carbocycles. The maximum absolute atomic E-state index is 3.59. The molecule has 1 N–H and O–H groups in total. The number of rotatable bonds is 10. The molecule has 2 saturated carbocycles. The Labute approximate surface area is 107 Å². The van der Waals surface area contributed by atoms with Gasteiger partial charge in [-0.1, -0.05) is 19.8 Å². The van der Waals surface area contributed by atoms with Crippen LogP contribution in [-0.4, -0.2) is 37.6 Å². The van der Waals surface area contributed by atoms with Crippen molar-refractivity contribution >= 4 is 0 Å². The van der Waals surface area contributed by atoms with Gasteiger partial charge in [0.2, 0.25) is 0 Å². The minimum atomic E-state index is 0.890. The molecule has 0 radical (unpaired) electrons. The van der Waals surface area contributed by atoms with Crippen LogP contribution in [0.5, 0.6) is 0 Å². The van der Waals surface area contributed by atoms with E-state index in [1.807, 2.05) is 0 Å². The number of nitrogens with zero attached hydrogens (tertiary/aromatic N) is 1. The molecular formula is C15H30N2. The van der Waals surface area contributed by atoms with Crippen LogP contribution in [-0.2, 0) is 0 Å². The Morgan fingerprint density at radius 2 is 1.82 bits per heavy atom. The molecule has 0 saturated heterocycles. The molecule has 100 valence electrons. The summed E-state index contributed by atoms with van der Waals surface area (Å²) in [6, 6.07) is 0.890. The highest BCUT2D eigenvalue weighted by Crippen LogP contribution is 2.37. The molecule has 2 atom stereocenters. The highest BCUT2D eigenvalue weighted by atomic mass is 15.1. The van der Waals surface area contributed by atoms with E-state index in [0.717, 1.165) is 17.9 Å². The van der Waals surface area contributed by atoms with Crippen LogP contribution in [0.3, 0.4) is 0 Å². The maximum Gasteiger partial charge on any atom is 0.00682 e. The molecule has 2 heteroatoms. The fraction of sp³-hybridized carbons (Fsp3) is 1.00. The molecule has 0 amide bonds. The van der Waals surface area contributed by atoms with Crippen molar-refractivity contribution in [1.82, 2.24) is 10.2 Å². The van der Waals surface area contributed by atoms with Gasteiger partial charge in [-0.15, -0.1) is 0 Å². The van der Waals surface area contributed by atoms with E-state index in [0.29, 0.717) is 0 Å². The third-order valence-electron chi connectivity index (χ3n) is 4.30. The molecule has 2 nitrogen and oxygen atoms in total. The van der Waals surface area contributed by atoms with Gasteiger partial charge in [0, 0.05) is 12.6 Å². The van der Waals surface area contributed by atoms with Crippen molar-refractivity contribution in [2.24, 2.45) is 11.8 Å². The zero-order chi connectivity index (χ0) is 12.1. The van der Waals surface area contributed by atoms with Crippen molar-refractivity contribution in [3.63, 3.8) is 0 Å². The van der Waals surface area contributed by atoms with Crippen LogP contribution in [0.25, 0.3) is 0 Å². The van der Waals surface area contributed by atoms with Gasteiger partial charge in [-0.2, -0.15) is 0 Å². The summed E-state index contributed by atoms with van der Waals surface area (Å²) in [6.45, 7) is 6.27. The van der Waals surface area contributed by atoms with Crippen molar-refractivity contribution < 1.29 is 0 Å². The average molecular weight is 238 g/mol. The lowest BCUT2D eigenvalue weighted by Gasteiger charge is -2.16. The first-order valence-electron chi connectivity index (χ1n) is 7.67. The van der Waals surface area contributed by atoms with Crippen LogP contribution in [0.2, 0.25) is 0 Å². The number of unbranched alkanes of at least 4 members (excludes halogenated alkanes) is 3. The van der Waals surface area contributed by atoms with Gasteiger partial charge in [0.25, 0.3) is 0 Å². The molecule has 0 aliphatic heterocycles. The van der Waals surface area contributed by atoms with Crippen molar-refractivity contribution in [1.29, 1.82) is 0 Å². The van der Waals surface area contributed by atoms with Crippen LogP contribution >= 0.6 is 0 Å². The summed E-state index contributed by atoms with van der Waals surface area (Å²) in [5, 5.41) is 3.59. The summed E-state index contributed by atoms with van der Waals surface area (Å²) in [6.07, 6.45) is 9.90. The van der Waals surface area contributed by atoms with Gasteiger partial charge < -0.3 is 10.2 Å². The molecule has 2 aliphatic rings. The minimum Gasteiger partial charge on any atom is -0.314 e. The lowest BCUT2D eigenvalue weighted by atomic mass is 10.2. The van der Waals surface area contributed by atoms with E-state index in [2.05, 4.69) is 24.2 Å². The molecular weight excluding hydrogens is 208 g/mol. The minimum absolute atomic E-state index is 0.890. The van der Waals surface area contributed by atoms with Gasteiger partial charge in [-0.25, -0.2) is 0 Å². The summed E-state index contributed by atoms with van der Waals surface area (Å²) >= 11 is 0. The predicted molar refractivity (Wildman–Crippen MR) is 74.3 cm³/mol. The van der Waals surface area contributed by atoms with Crippen LogP contribution in [0.15, 0.2) is 0 Å². The van der Waals surface area contributed by atoms with Crippen LogP contribution in [0.4, 0.5) is 0 Å². The number of hydrogen-bond acceptors (Lipinski definition) is 2. The molecule has 2 unspecified atom stereocenters. The zero-order valence-electron chi connectivity index (χ0n) is 11.8. The summed E-state index contributed by atoms with van der Waals surface area (Å²) in [4.78, 5) is 2.54. The van der Waals surface area contributed by atoms with Gasteiger partial charge in [0.15, 0.2) is 0 Å². The Balaban J connectivity index is 1.32. The Bertz CT molecular complexity index is 213. The summed E-state index contributed by atoms with van der Waals surface area (Å²) in [5.74, 6) is 2.02. The van der Waals surface area contributed by atoms with Gasteiger partial charge >= 0.3 is 0 Å². The van der Waals surface area contributed by atoms with Gasteiger partial charge in [0.05, 0.1) is 0 Å². The topological polar surface area (TPSA) is 15.3 Å². The summed E-state index contributed by atoms with van der Waals surface area (Å²) in [5.41, 5.74) is 0. The SMILES string of the molecule is CC1CC1CN(C)CCCCCCNC1CC1. The van der Waals surface area contributed by atoms with Crippen molar-refractivity contribution in [3.8, 4) is 0 Å².